The van der Waals surface area contributed by atoms with Crippen LogP contribution in [-0.2, 0) is 0 Å². The Balaban J connectivity index is 1.97. The van der Waals surface area contributed by atoms with Crippen LogP contribution in [0.3, 0.4) is 0 Å². The quantitative estimate of drug-likeness (QED) is 0.815. The first-order valence-corrected chi connectivity index (χ1v) is 8.17. The van der Waals surface area contributed by atoms with Gasteiger partial charge in [0.25, 0.3) is 0 Å². The lowest BCUT2D eigenvalue weighted by molar-refractivity contribution is 0.159. The number of ether oxygens (including phenoxy) is 1. The van der Waals surface area contributed by atoms with Crippen molar-refractivity contribution in [1.82, 2.24) is 5.32 Å². The molecule has 0 aliphatic heterocycles. The van der Waals surface area contributed by atoms with E-state index < -0.39 is 6.10 Å². The number of hydrogen-bond donors (Lipinski definition) is 2. The Morgan fingerprint density at radius 3 is 2.81 bits per heavy atom. The second-order valence-electron chi connectivity index (χ2n) is 6.39. The molecular weight excluding hydrogens is 262 g/mol. The van der Waals surface area contributed by atoms with E-state index in [4.69, 9.17) is 4.74 Å². The minimum absolute atomic E-state index is 0.518. The van der Waals surface area contributed by atoms with Crippen LogP contribution in [0.2, 0.25) is 0 Å². The van der Waals surface area contributed by atoms with Gasteiger partial charge in [0.05, 0.1) is 13.2 Å². The first-order chi connectivity index (χ1) is 10.1. The molecule has 0 bridgehead atoms. The summed E-state index contributed by atoms with van der Waals surface area (Å²) in [6.07, 6.45) is 5.98. The van der Waals surface area contributed by atoms with Crippen LogP contribution in [0.5, 0.6) is 5.75 Å². The summed E-state index contributed by atoms with van der Waals surface area (Å²) in [4.78, 5) is 0. The molecule has 1 fully saturated rings. The number of hydrogen-bond acceptors (Lipinski definition) is 3. The Kier molecular flexibility index (Phi) is 6.07. The smallest absolute Gasteiger partial charge is 0.124 e. The van der Waals surface area contributed by atoms with Gasteiger partial charge >= 0.3 is 0 Å². The van der Waals surface area contributed by atoms with Crippen molar-refractivity contribution in [3.63, 3.8) is 0 Å². The summed E-state index contributed by atoms with van der Waals surface area (Å²) in [7, 11) is 1.65. The fourth-order valence-electron chi connectivity index (χ4n) is 3.28. The molecule has 3 nitrogen and oxygen atoms in total. The maximum absolute atomic E-state index is 10.5. The molecule has 3 heteroatoms. The lowest BCUT2D eigenvalue weighted by atomic mass is 9.96. The van der Waals surface area contributed by atoms with Crippen molar-refractivity contribution in [2.75, 3.05) is 13.7 Å². The highest BCUT2D eigenvalue weighted by Gasteiger charge is 2.21. The fraction of sp³-hybridized carbons (Fsp3) is 0.667. The molecule has 1 aliphatic carbocycles. The van der Waals surface area contributed by atoms with Gasteiger partial charge in [-0.25, -0.2) is 0 Å². The third-order valence-electron chi connectivity index (χ3n) is 4.68. The second-order valence-corrected chi connectivity index (χ2v) is 6.39. The molecule has 3 unspecified atom stereocenters. The molecule has 1 aliphatic rings. The Labute approximate surface area is 128 Å². The average Bonchev–Trinajstić information content (AvgIpc) is 2.69. The number of aryl methyl sites for hydroxylation is 1. The molecule has 3 atom stereocenters. The molecule has 0 aromatic heterocycles. The van der Waals surface area contributed by atoms with Crippen LogP contribution >= 0.6 is 0 Å². The standard InChI is InChI=1S/C18H29NO2/c1-13-9-10-18(21-3)15(11-13)17(20)12-19-16-8-6-4-5-7-14(16)2/h9-11,14,16-17,19-20H,4-8,12H2,1-3H3. The number of methoxy groups -OCH3 is 1. The van der Waals surface area contributed by atoms with E-state index >= 15 is 0 Å². The van der Waals surface area contributed by atoms with E-state index in [2.05, 4.69) is 12.2 Å². The molecule has 0 spiro atoms. The summed E-state index contributed by atoms with van der Waals surface area (Å²) in [6.45, 7) is 4.95. The van der Waals surface area contributed by atoms with Crippen molar-refractivity contribution in [2.45, 2.75) is 58.1 Å². The first-order valence-electron chi connectivity index (χ1n) is 8.17. The highest BCUT2D eigenvalue weighted by molar-refractivity contribution is 5.38. The molecule has 2 N–H and O–H groups in total. The van der Waals surface area contributed by atoms with Gasteiger partial charge in [-0.2, -0.15) is 0 Å². The summed E-state index contributed by atoms with van der Waals surface area (Å²) in [5.41, 5.74) is 2.03. The van der Waals surface area contributed by atoms with E-state index in [0.29, 0.717) is 18.5 Å². The SMILES string of the molecule is COc1ccc(C)cc1C(O)CNC1CCCCCC1C. The van der Waals surface area contributed by atoms with E-state index in [0.717, 1.165) is 16.9 Å². The molecule has 1 aromatic rings. The van der Waals surface area contributed by atoms with Crippen LogP contribution in [0.25, 0.3) is 0 Å². The summed E-state index contributed by atoms with van der Waals surface area (Å²) < 4.78 is 5.37. The van der Waals surface area contributed by atoms with Crippen molar-refractivity contribution in [3.05, 3.63) is 29.3 Å². The highest BCUT2D eigenvalue weighted by Crippen LogP contribution is 2.27. The number of nitrogens with one attached hydrogen (secondary N) is 1. The molecule has 0 radical (unpaired) electrons. The van der Waals surface area contributed by atoms with Gasteiger partial charge in [0.1, 0.15) is 5.75 Å². The Hall–Kier alpha value is -1.06. The maximum atomic E-state index is 10.5. The van der Waals surface area contributed by atoms with Crippen molar-refractivity contribution in [3.8, 4) is 5.75 Å². The van der Waals surface area contributed by atoms with Gasteiger partial charge < -0.3 is 15.2 Å². The van der Waals surface area contributed by atoms with Crippen molar-refractivity contribution in [1.29, 1.82) is 0 Å². The number of benzene rings is 1. The minimum atomic E-state index is -0.518. The third-order valence-corrected chi connectivity index (χ3v) is 4.68. The van der Waals surface area contributed by atoms with Gasteiger partial charge in [-0.15, -0.1) is 0 Å². The third kappa shape index (κ3) is 4.45. The first kappa shape index (κ1) is 16.3. The Bertz CT molecular complexity index is 447. The molecule has 2 rings (SSSR count). The van der Waals surface area contributed by atoms with E-state index in [9.17, 15) is 5.11 Å². The predicted molar refractivity (Wildman–Crippen MR) is 86.7 cm³/mol. The topological polar surface area (TPSA) is 41.5 Å². The molecule has 1 saturated carbocycles. The van der Waals surface area contributed by atoms with Gasteiger partial charge in [-0.1, -0.05) is 37.8 Å². The Morgan fingerprint density at radius 2 is 2.05 bits per heavy atom. The molecule has 21 heavy (non-hydrogen) atoms. The van der Waals surface area contributed by atoms with E-state index in [1.165, 1.54) is 32.1 Å². The average molecular weight is 291 g/mol. The lowest BCUT2D eigenvalue weighted by Gasteiger charge is -2.25. The van der Waals surface area contributed by atoms with Gasteiger partial charge in [-0.3, -0.25) is 0 Å². The monoisotopic (exact) mass is 291 g/mol. The van der Waals surface area contributed by atoms with Gasteiger partial charge in [0.15, 0.2) is 0 Å². The lowest BCUT2D eigenvalue weighted by Crippen LogP contribution is -2.37. The van der Waals surface area contributed by atoms with Crippen molar-refractivity contribution >= 4 is 0 Å². The Morgan fingerprint density at radius 1 is 1.29 bits per heavy atom. The second kappa shape index (κ2) is 7.81. The summed E-state index contributed by atoms with van der Waals surface area (Å²) in [5, 5.41) is 14.1. The van der Waals surface area contributed by atoms with Crippen LogP contribution in [-0.4, -0.2) is 24.8 Å². The van der Waals surface area contributed by atoms with Crippen LogP contribution < -0.4 is 10.1 Å². The van der Waals surface area contributed by atoms with Crippen LogP contribution in [0, 0.1) is 12.8 Å². The zero-order chi connectivity index (χ0) is 15.2. The molecular formula is C18H29NO2. The summed E-state index contributed by atoms with van der Waals surface area (Å²) in [5.74, 6) is 1.46. The molecule has 0 heterocycles. The van der Waals surface area contributed by atoms with Crippen LogP contribution in [0.15, 0.2) is 18.2 Å². The van der Waals surface area contributed by atoms with Crippen LogP contribution in [0.4, 0.5) is 0 Å². The van der Waals surface area contributed by atoms with Gasteiger partial charge in [-0.05, 0) is 37.8 Å². The molecule has 1 aromatic carbocycles. The van der Waals surface area contributed by atoms with Crippen LogP contribution in [0.1, 0.15) is 56.3 Å². The van der Waals surface area contributed by atoms with E-state index in [1.54, 1.807) is 7.11 Å². The highest BCUT2D eigenvalue weighted by atomic mass is 16.5. The molecule has 0 saturated heterocycles. The summed E-state index contributed by atoms with van der Waals surface area (Å²) >= 11 is 0. The zero-order valence-electron chi connectivity index (χ0n) is 13.6. The van der Waals surface area contributed by atoms with Crippen molar-refractivity contribution < 1.29 is 9.84 Å². The van der Waals surface area contributed by atoms with Gasteiger partial charge in [0.2, 0.25) is 0 Å². The number of aliphatic hydroxyl groups excluding tert-OH is 1. The maximum Gasteiger partial charge on any atom is 0.124 e. The zero-order valence-corrected chi connectivity index (χ0v) is 13.6. The van der Waals surface area contributed by atoms with Gasteiger partial charge in [0, 0.05) is 18.2 Å². The minimum Gasteiger partial charge on any atom is -0.496 e. The normalized spacial score (nSPS) is 24.4. The largest absolute Gasteiger partial charge is 0.496 e. The molecule has 118 valence electrons. The number of rotatable bonds is 5. The summed E-state index contributed by atoms with van der Waals surface area (Å²) in [6, 6.07) is 6.48. The fourth-order valence-corrected chi connectivity index (χ4v) is 3.28. The molecule has 0 amide bonds. The predicted octanol–water partition coefficient (Wildman–Crippen LogP) is 3.60. The van der Waals surface area contributed by atoms with E-state index in [1.807, 2.05) is 25.1 Å². The van der Waals surface area contributed by atoms with E-state index in [-0.39, 0.29) is 0 Å². The van der Waals surface area contributed by atoms with Crippen molar-refractivity contribution in [2.24, 2.45) is 5.92 Å². The number of aliphatic hydroxyl groups is 1.